The maximum absolute atomic E-state index is 13.0. The van der Waals surface area contributed by atoms with E-state index in [-0.39, 0.29) is 11.6 Å². The number of aromatic nitrogens is 3. The number of rotatable bonds is 4. The van der Waals surface area contributed by atoms with Crippen LogP contribution in [0.3, 0.4) is 0 Å². The van der Waals surface area contributed by atoms with Crippen molar-refractivity contribution in [3.05, 3.63) is 90.5 Å². The van der Waals surface area contributed by atoms with E-state index in [1.165, 1.54) is 23.0 Å². The summed E-state index contributed by atoms with van der Waals surface area (Å²) >= 11 is 0. The number of nitrogens with one attached hydrogen (secondary N) is 1. The first-order valence-electron chi connectivity index (χ1n) is 11.1. The van der Waals surface area contributed by atoms with Gasteiger partial charge in [0.05, 0.1) is 16.8 Å². The molecule has 0 saturated heterocycles. The van der Waals surface area contributed by atoms with Crippen molar-refractivity contribution in [2.45, 2.75) is 31.4 Å². The van der Waals surface area contributed by atoms with Gasteiger partial charge in [-0.3, -0.25) is 4.57 Å². The monoisotopic (exact) mass is 478 g/mol. The third-order valence-electron chi connectivity index (χ3n) is 5.84. The summed E-state index contributed by atoms with van der Waals surface area (Å²) in [5.41, 5.74) is 0.711. The van der Waals surface area contributed by atoms with Crippen molar-refractivity contribution in [1.29, 1.82) is 0 Å². The average molecular weight is 478 g/mol. The lowest BCUT2D eigenvalue weighted by atomic mass is 9.93. The minimum Gasteiger partial charge on any atom is -0.439 e. The smallest absolute Gasteiger partial charge is 0.416 e. The minimum atomic E-state index is -4.49. The molecule has 2 aromatic carbocycles. The summed E-state index contributed by atoms with van der Waals surface area (Å²) in [6.07, 6.45) is 6.12. The fraction of sp³-hybridized carbons (Fsp3) is 0.192. The molecular formula is C26H21F3N4O2. The summed E-state index contributed by atoms with van der Waals surface area (Å²) in [6, 6.07) is 12.7. The van der Waals surface area contributed by atoms with Gasteiger partial charge in [0, 0.05) is 29.3 Å². The third-order valence-corrected chi connectivity index (χ3v) is 5.84. The molecule has 4 aromatic rings. The first-order valence-corrected chi connectivity index (χ1v) is 11.1. The van der Waals surface area contributed by atoms with Crippen LogP contribution >= 0.6 is 0 Å². The first-order chi connectivity index (χ1) is 16.9. The van der Waals surface area contributed by atoms with Crippen LogP contribution in [0.15, 0.2) is 79.3 Å². The van der Waals surface area contributed by atoms with E-state index < -0.39 is 17.8 Å². The van der Waals surface area contributed by atoms with Gasteiger partial charge >= 0.3 is 12.2 Å². The first kappa shape index (κ1) is 22.6. The molecule has 1 N–H and O–H groups in total. The largest absolute Gasteiger partial charge is 0.439 e. The van der Waals surface area contributed by atoms with Crippen molar-refractivity contribution in [2.24, 2.45) is 0 Å². The number of halogens is 3. The Hall–Kier alpha value is -4.14. The highest BCUT2D eigenvalue weighted by Crippen LogP contribution is 2.32. The number of fused-ring (bicyclic) bond motifs is 1. The van der Waals surface area contributed by atoms with Crippen molar-refractivity contribution < 1.29 is 22.7 Å². The third kappa shape index (κ3) is 5.03. The Morgan fingerprint density at radius 2 is 1.97 bits per heavy atom. The summed E-state index contributed by atoms with van der Waals surface area (Å²) in [5, 5.41) is 3.24. The fourth-order valence-electron chi connectivity index (χ4n) is 4.11. The van der Waals surface area contributed by atoms with Gasteiger partial charge in [0.1, 0.15) is 12.1 Å². The van der Waals surface area contributed by atoms with E-state index in [0.717, 1.165) is 42.5 Å². The van der Waals surface area contributed by atoms with E-state index in [9.17, 15) is 18.0 Å². The molecule has 1 amide bonds. The van der Waals surface area contributed by atoms with Crippen molar-refractivity contribution in [3.63, 3.8) is 0 Å². The Balaban J connectivity index is 1.33. The van der Waals surface area contributed by atoms with E-state index in [2.05, 4.69) is 27.4 Å². The van der Waals surface area contributed by atoms with Crippen LogP contribution in [0, 0.1) is 0 Å². The molecule has 5 rings (SSSR count). The number of alkyl halides is 3. The average Bonchev–Trinajstić information content (AvgIpc) is 3.28. The van der Waals surface area contributed by atoms with Crippen LogP contribution in [0.25, 0.3) is 10.9 Å². The number of hydrogen-bond acceptors (Lipinski definition) is 4. The van der Waals surface area contributed by atoms with E-state index in [4.69, 9.17) is 4.74 Å². The Morgan fingerprint density at radius 3 is 2.77 bits per heavy atom. The number of hydrogen-bond donors (Lipinski definition) is 1. The van der Waals surface area contributed by atoms with Gasteiger partial charge < -0.3 is 10.1 Å². The van der Waals surface area contributed by atoms with Gasteiger partial charge in [-0.15, -0.1) is 0 Å². The van der Waals surface area contributed by atoms with E-state index in [1.807, 2.05) is 6.07 Å². The molecule has 6 nitrogen and oxygen atoms in total. The number of amides is 1. The Bertz CT molecular complexity index is 1410. The lowest BCUT2D eigenvalue weighted by molar-refractivity contribution is -0.137. The number of carbonyl (C=O) groups excluding carboxylic acids is 1. The highest BCUT2D eigenvalue weighted by atomic mass is 19.4. The lowest BCUT2D eigenvalue weighted by Crippen LogP contribution is -2.18. The van der Waals surface area contributed by atoms with Crippen LogP contribution in [0.4, 0.5) is 23.7 Å². The fourth-order valence-corrected chi connectivity index (χ4v) is 4.11. The van der Waals surface area contributed by atoms with Gasteiger partial charge in [-0.1, -0.05) is 18.2 Å². The molecule has 0 bridgehead atoms. The zero-order valence-electron chi connectivity index (χ0n) is 18.5. The van der Waals surface area contributed by atoms with Crippen molar-refractivity contribution >= 4 is 22.6 Å². The molecule has 35 heavy (non-hydrogen) atoms. The molecule has 9 heteroatoms. The zero-order chi connectivity index (χ0) is 24.4. The maximum Gasteiger partial charge on any atom is 0.416 e. The molecular weight excluding hydrogens is 457 g/mol. The van der Waals surface area contributed by atoms with Crippen LogP contribution in [-0.2, 0) is 6.18 Å². The second-order valence-electron chi connectivity index (χ2n) is 8.26. The predicted molar refractivity (Wildman–Crippen MR) is 126 cm³/mol. The highest BCUT2D eigenvalue weighted by Gasteiger charge is 2.30. The molecule has 178 valence electrons. The maximum atomic E-state index is 13.0. The normalized spacial score (nSPS) is 15.8. The number of carbonyl (C=O) groups is 1. The second-order valence-corrected chi connectivity index (χ2v) is 8.26. The topological polar surface area (TPSA) is 69.0 Å². The molecule has 0 fully saturated rings. The summed E-state index contributed by atoms with van der Waals surface area (Å²) < 4.78 is 46.1. The Morgan fingerprint density at radius 1 is 1.09 bits per heavy atom. The number of ether oxygens (including phenoxy) is 1. The number of benzene rings is 2. The quantitative estimate of drug-likeness (QED) is 0.316. The molecule has 0 saturated carbocycles. The van der Waals surface area contributed by atoms with Crippen LogP contribution < -0.4 is 10.1 Å². The van der Waals surface area contributed by atoms with Crippen molar-refractivity contribution in [3.8, 4) is 11.6 Å². The van der Waals surface area contributed by atoms with Gasteiger partial charge in [-0.05, 0) is 61.7 Å². The van der Waals surface area contributed by atoms with Gasteiger partial charge in [0.15, 0.2) is 0 Å². The van der Waals surface area contributed by atoms with Crippen LogP contribution in [-0.4, -0.2) is 20.6 Å². The van der Waals surface area contributed by atoms with Gasteiger partial charge in [-0.25, -0.2) is 14.8 Å². The minimum absolute atomic E-state index is 0.0546. The molecule has 0 spiro atoms. The van der Waals surface area contributed by atoms with Crippen LogP contribution in [0.1, 0.15) is 36.4 Å². The molecule has 2 aromatic heterocycles. The standard InChI is InChI=1S/C26H21F3N4O2/c27-26(28,29)19-7-4-8-20(14-19)32-25(34)33-12-11-18-13-21(9-10-23(18)33)35-24-15-22(30-16-31-24)17-5-2-1-3-6-17/h2,4-5,7-17H,1,3,6H2,(H,32,34). The molecule has 2 heterocycles. The molecule has 1 aliphatic rings. The molecule has 1 aliphatic carbocycles. The van der Waals surface area contributed by atoms with E-state index >= 15 is 0 Å². The molecule has 0 radical (unpaired) electrons. The second kappa shape index (κ2) is 9.25. The number of anilines is 1. The summed E-state index contributed by atoms with van der Waals surface area (Å²) in [4.78, 5) is 21.3. The molecule has 0 aliphatic heterocycles. The van der Waals surface area contributed by atoms with Crippen LogP contribution in [0.2, 0.25) is 0 Å². The number of nitrogens with zero attached hydrogens (tertiary/aromatic N) is 3. The zero-order valence-corrected chi connectivity index (χ0v) is 18.5. The molecule has 1 atom stereocenters. The summed E-state index contributed by atoms with van der Waals surface area (Å²) in [5.74, 6) is 1.22. The Kier molecular flexibility index (Phi) is 5.98. The van der Waals surface area contributed by atoms with Gasteiger partial charge in [-0.2, -0.15) is 13.2 Å². The van der Waals surface area contributed by atoms with Gasteiger partial charge in [0.25, 0.3) is 0 Å². The van der Waals surface area contributed by atoms with Gasteiger partial charge in [0.2, 0.25) is 5.88 Å². The number of allylic oxidation sites excluding steroid dienone is 2. The lowest BCUT2D eigenvalue weighted by Gasteiger charge is -2.16. The Labute approximate surface area is 199 Å². The predicted octanol–water partition coefficient (Wildman–Crippen LogP) is 7.15. The summed E-state index contributed by atoms with van der Waals surface area (Å²) in [7, 11) is 0. The molecule has 1 unspecified atom stereocenters. The van der Waals surface area contributed by atoms with E-state index in [0.29, 0.717) is 17.1 Å². The van der Waals surface area contributed by atoms with Crippen molar-refractivity contribution in [2.75, 3.05) is 5.32 Å². The highest BCUT2D eigenvalue weighted by molar-refractivity contribution is 5.98. The summed E-state index contributed by atoms with van der Waals surface area (Å²) in [6.45, 7) is 0. The van der Waals surface area contributed by atoms with Crippen molar-refractivity contribution in [1.82, 2.24) is 14.5 Å². The van der Waals surface area contributed by atoms with E-state index in [1.54, 1.807) is 30.5 Å². The van der Waals surface area contributed by atoms with Crippen LogP contribution in [0.5, 0.6) is 11.6 Å². The SMILES string of the molecule is O=C(Nc1cccc(C(F)(F)F)c1)n1ccc2cc(Oc3cc(C4C=CCCC4)ncn3)ccc21.